The highest BCUT2D eigenvalue weighted by atomic mass is 32.2. The van der Waals surface area contributed by atoms with Gasteiger partial charge in [-0.25, -0.2) is 12.8 Å². The lowest BCUT2D eigenvalue weighted by molar-refractivity contribution is -0.117. The number of sulfone groups is 1. The minimum absolute atomic E-state index is 0.0482. The zero-order valence-corrected chi connectivity index (χ0v) is 15.1. The predicted molar refractivity (Wildman–Crippen MR) is 96.0 cm³/mol. The molecule has 2 aromatic rings. The minimum Gasteiger partial charge on any atom is -0.369 e. The Balaban J connectivity index is 1.87. The van der Waals surface area contributed by atoms with Crippen molar-refractivity contribution in [2.75, 3.05) is 13.1 Å². The Hall–Kier alpha value is -2.25. The first-order valence-electron chi connectivity index (χ1n) is 8.50. The molecule has 3 N–H and O–H groups in total. The summed E-state index contributed by atoms with van der Waals surface area (Å²) in [5.41, 5.74) is 7.22. The fraction of sp³-hybridized carbons (Fsp3) is 0.316. The maximum absolute atomic E-state index is 13.4. The maximum atomic E-state index is 13.4. The van der Waals surface area contributed by atoms with E-state index in [-0.39, 0.29) is 22.3 Å². The van der Waals surface area contributed by atoms with Crippen LogP contribution >= 0.6 is 0 Å². The highest BCUT2D eigenvalue weighted by molar-refractivity contribution is 7.91. The molecule has 1 atom stereocenters. The first-order chi connectivity index (χ1) is 12.4. The van der Waals surface area contributed by atoms with Gasteiger partial charge in [-0.15, -0.1) is 0 Å². The second-order valence-corrected chi connectivity index (χ2v) is 8.46. The predicted octanol–water partition coefficient (Wildman–Crippen LogP) is 2.15. The Labute approximate surface area is 152 Å². The Bertz CT molecular complexity index is 928. The smallest absolute Gasteiger partial charge is 0.231 e. The number of amides is 1. The summed E-state index contributed by atoms with van der Waals surface area (Å²) in [4.78, 5) is 11.0. The van der Waals surface area contributed by atoms with E-state index in [1.54, 1.807) is 12.1 Å². The van der Waals surface area contributed by atoms with E-state index in [0.29, 0.717) is 6.54 Å². The van der Waals surface area contributed by atoms with E-state index in [4.69, 9.17) is 5.73 Å². The molecule has 26 heavy (non-hydrogen) atoms. The van der Waals surface area contributed by atoms with Crippen LogP contribution in [0.4, 0.5) is 4.39 Å². The average molecular weight is 376 g/mol. The molecule has 0 fully saturated rings. The van der Waals surface area contributed by atoms with Crippen LogP contribution in [0, 0.1) is 5.82 Å². The van der Waals surface area contributed by atoms with Crippen LogP contribution in [0.3, 0.4) is 0 Å². The van der Waals surface area contributed by atoms with Gasteiger partial charge in [0, 0.05) is 6.54 Å². The molecule has 0 spiro atoms. The molecule has 1 amide bonds. The van der Waals surface area contributed by atoms with Crippen molar-refractivity contribution in [1.29, 1.82) is 0 Å². The fourth-order valence-corrected chi connectivity index (χ4v) is 4.75. The molecule has 0 aromatic heterocycles. The van der Waals surface area contributed by atoms with Gasteiger partial charge in [0.25, 0.3) is 0 Å². The first-order valence-corrected chi connectivity index (χ1v) is 9.99. The maximum Gasteiger partial charge on any atom is 0.231 e. The van der Waals surface area contributed by atoms with Crippen molar-refractivity contribution in [3.05, 3.63) is 59.4 Å². The number of benzene rings is 2. The van der Waals surface area contributed by atoms with Crippen LogP contribution in [0.5, 0.6) is 0 Å². The lowest BCUT2D eigenvalue weighted by Gasteiger charge is -2.26. The zero-order valence-electron chi connectivity index (χ0n) is 14.2. The molecule has 1 aliphatic rings. The standard InChI is InChI=1S/C19H21FN2O3S/c20-15-5-2-6-16(10-15)26(24,25)17-7-8-18-13(9-17)3-1-4-14(18)11-22-12-19(21)23/h2,5-10,14,22H,1,3-4,11-12H2,(H2,21,23). The largest absolute Gasteiger partial charge is 0.369 e. The van der Waals surface area contributed by atoms with E-state index in [0.717, 1.165) is 36.5 Å². The molecule has 0 saturated heterocycles. The number of carbonyl (C=O) groups is 1. The van der Waals surface area contributed by atoms with Crippen LogP contribution in [0.25, 0.3) is 0 Å². The van der Waals surface area contributed by atoms with Crippen LogP contribution in [0.15, 0.2) is 52.3 Å². The number of carbonyl (C=O) groups excluding carboxylic acids is 1. The van der Waals surface area contributed by atoms with Gasteiger partial charge >= 0.3 is 0 Å². The molecule has 0 heterocycles. The third kappa shape index (κ3) is 3.94. The summed E-state index contributed by atoms with van der Waals surface area (Å²) in [6, 6.07) is 10.1. The van der Waals surface area contributed by atoms with Gasteiger partial charge in [-0.3, -0.25) is 4.79 Å². The quantitative estimate of drug-likeness (QED) is 0.808. The minimum atomic E-state index is -3.76. The van der Waals surface area contributed by atoms with Crippen molar-refractivity contribution in [3.63, 3.8) is 0 Å². The van der Waals surface area contributed by atoms with Gasteiger partial charge in [-0.2, -0.15) is 0 Å². The molecule has 138 valence electrons. The molecular formula is C19H21FN2O3S. The summed E-state index contributed by atoms with van der Waals surface area (Å²) < 4.78 is 38.9. The number of nitrogens with one attached hydrogen (secondary N) is 1. The summed E-state index contributed by atoms with van der Waals surface area (Å²) in [6.45, 7) is 0.740. The van der Waals surface area contributed by atoms with E-state index in [2.05, 4.69) is 5.32 Å². The highest BCUT2D eigenvalue weighted by Gasteiger charge is 2.24. The van der Waals surface area contributed by atoms with E-state index in [1.165, 1.54) is 18.2 Å². The number of rotatable bonds is 6. The van der Waals surface area contributed by atoms with E-state index < -0.39 is 21.6 Å². The molecule has 2 aromatic carbocycles. The van der Waals surface area contributed by atoms with Crippen LogP contribution in [-0.4, -0.2) is 27.4 Å². The van der Waals surface area contributed by atoms with Crippen LogP contribution in [0.2, 0.25) is 0 Å². The number of hydrogen-bond donors (Lipinski definition) is 2. The fourth-order valence-electron chi connectivity index (χ4n) is 3.41. The monoisotopic (exact) mass is 376 g/mol. The van der Waals surface area contributed by atoms with Gasteiger partial charge in [0.15, 0.2) is 0 Å². The second-order valence-electron chi connectivity index (χ2n) is 6.51. The van der Waals surface area contributed by atoms with Gasteiger partial charge in [0.1, 0.15) is 5.82 Å². The lowest BCUT2D eigenvalue weighted by Crippen LogP contribution is -2.32. The average Bonchev–Trinajstić information content (AvgIpc) is 2.61. The van der Waals surface area contributed by atoms with Gasteiger partial charge in [0.2, 0.25) is 15.7 Å². The SMILES string of the molecule is NC(=O)CNCC1CCCc2cc(S(=O)(=O)c3cccc(F)c3)ccc21. The van der Waals surface area contributed by atoms with Crippen molar-refractivity contribution < 1.29 is 17.6 Å². The van der Waals surface area contributed by atoms with E-state index in [1.807, 2.05) is 6.07 Å². The lowest BCUT2D eigenvalue weighted by atomic mass is 9.83. The van der Waals surface area contributed by atoms with Crippen molar-refractivity contribution in [2.24, 2.45) is 5.73 Å². The van der Waals surface area contributed by atoms with Gasteiger partial charge in [-0.1, -0.05) is 12.1 Å². The molecule has 7 heteroatoms. The molecule has 3 rings (SSSR count). The number of primary amides is 1. The number of fused-ring (bicyclic) bond motifs is 1. The molecule has 0 saturated carbocycles. The Morgan fingerprint density at radius 1 is 1.19 bits per heavy atom. The molecule has 1 aliphatic carbocycles. The molecule has 0 radical (unpaired) electrons. The van der Waals surface area contributed by atoms with Gasteiger partial charge in [0.05, 0.1) is 16.3 Å². The summed E-state index contributed by atoms with van der Waals surface area (Å²) >= 11 is 0. The highest BCUT2D eigenvalue weighted by Crippen LogP contribution is 2.33. The van der Waals surface area contributed by atoms with E-state index in [9.17, 15) is 17.6 Å². The summed E-state index contributed by atoms with van der Waals surface area (Å²) in [5, 5.41) is 3.04. The zero-order chi connectivity index (χ0) is 18.7. The van der Waals surface area contributed by atoms with E-state index >= 15 is 0 Å². The summed E-state index contributed by atoms with van der Waals surface area (Å²) in [6.07, 6.45) is 2.71. The van der Waals surface area contributed by atoms with Crippen LogP contribution in [0.1, 0.15) is 29.9 Å². The third-order valence-corrected chi connectivity index (χ3v) is 6.41. The Morgan fingerprint density at radius 3 is 2.69 bits per heavy atom. The normalized spacial score (nSPS) is 16.9. The van der Waals surface area contributed by atoms with Crippen molar-refractivity contribution in [3.8, 4) is 0 Å². The van der Waals surface area contributed by atoms with Crippen LogP contribution in [-0.2, 0) is 21.1 Å². The number of hydrogen-bond acceptors (Lipinski definition) is 4. The third-order valence-electron chi connectivity index (χ3n) is 4.66. The molecule has 0 aliphatic heterocycles. The van der Waals surface area contributed by atoms with Crippen molar-refractivity contribution >= 4 is 15.7 Å². The van der Waals surface area contributed by atoms with Crippen molar-refractivity contribution in [2.45, 2.75) is 35.0 Å². The van der Waals surface area contributed by atoms with Gasteiger partial charge in [-0.05, 0) is 66.6 Å². The number of nitrogens with two attached hydrogens (primary N) is 1. The first kappa shape index (κ1) is 18.5. The molecule has 5 nitrogen and oxygen atoms in total. The molecule has 0 bridgehead atoms. The summed E-state index contributed by atoms with van der Waals surface area (Å²) in [7, 11) is -3.76. The number of aryl methyl sites for hydroxylation is 1. The Morgan fingerprint density at radius 2 is 1.96 bits per heavy atom. The van der Waals surface area contributed by atoms with Crippen LogP contribution < -0.4 is 11.1 Å². The topological polar surface area (TPSA) is 89.3 Å². The molecular weight excluding hydrogens is 355 g/mol. The molecule has 1 unspecified atom stereocenters. The second kappa shape index (κ2) is 7.55. The van der Waals surface area contributed by atoms with Crippen molar-refractivity contribution in [1.82, 2.24) is 5.32 Å². The Kier molecular flexibility index (Phi) is 5.38. The number of halogens is 1. The summed E-state index contributed by atoms with van der Waals surface area (Å²) in [5.74, 6) is -0.772. The van der Waals surface area contributed by atoms with Gasteiger partial charge < -0.3 is 11.1 Å².